The number of amides is 1. The number of piperidine rings is 1. The number of nitrogens with zero attached hydrogens (tertiary/aromatic N) is 3. The van der Waals surface area contributed by atoms with Crippen LogP contribution in [-0.2, 0) is 4.74 Å². The number of carbonyl (C=O) groups is 1. The number of carbonyl (C=O) groups excluding carboxylic acids is 1. The smallest absolute Gasteiger partial charge is 0.254 e. The molecule has 1 aromatic rings. The van der Waals surface area contributed by atoms with E-state index in [1.807, 2.05) is 40.6 Å². The highest BCUT2D eigenvalue weighted by molar-refractivity contribution is 8.02. The highest BCUT2D eigenvalue weighted by Gasteiger charge is 2.43. The van der Waals surface area contributed by atoms with Gasteiger partial charge in [-0.25, -0.2) is 0 Å². The van der Waals surface area contributed by atoms with Crippen LogP contribution >= 0.6 is 11.8 Å². The maximum absolute atomic E-state index is 13.0. The van der Waals surface area contributed by atoms with Crippen molar-refractivity contribution in [1.29, 1.82) is 0 Å². The first-order chi connectivity index (χ1) is 14.0. The number of aliphatic imine (C=N–C) groups is 1. The summed E-state index contributed by atoms with van der Waals surface area (Å²) in [6, 6.07) is 9.54. The average molecular weight is 417 g/mol. The summed E-state index contributed by atoms with van der Waals surface area (Å²) in [6.45, 7) is 9.93. The molecule has 2 aliphatic heterocycles. The molecule has 0 bridgehead atoms. The summed E-state index contributed by atoms with van der Waals surface area (Å²) in [5.41, 5.74) is 7.04. The lowest BCUT2D eigenvalue weighted by Gasteiger charge is -2.49. The number of ether oxygens (including phenoxy) is 1. The van der Waals surface area contributed by atoms with Crippen LogP contribution in [0.3, 0.4) is 0 Å². The van der Waals surface area contributed by atoms with Crippen LogP contribution in [0.1, 0.15) is 36.5 Å². The second kappa shape index (κ2) is 10.4. The van der Waals surface area contributed by atoms with E-state index in [0.29, 0.717) is 19.0 Å². The van der Waals surface area contributed by atoms with Gasteiger partial charge in [0.05, 0.1) is 18.2 Å². The molecule has 2 saturated heterocycles. The fraction of sp³-hybridized carbons (Fsp3) is 0.545. The van der Waals surface area contributed by atoms with Gasteiger partial charge in [0.25, 0.3) is 5.91 Å². The number of nitrogens with two attached hydrogens (primary N) is 1. The van der Waals surface area contributed by atoms with Gasteiger partial charge in [-0.2, -0.15) is 0 Å². The SMILES string of the molecule is C=N/C(=C\SCN)CCN1CCC2(CC1)CN(C(=O)c1ccccc1)CC(C)O2. The normalized spacial score (nSPS) is 22.6. The third-order valence-corrected chi connectivity index (χ3v) is 6.32. The van der Waals surface area contributed by atoms with Crippen molar-refractivity contribution in [1.82, 2.24) is 9.80 Å². The Labute approximate surface area is 178 Å². The van der Waals surface area contributed by atoms with Crippen molar-refractivity contribution in [3.05, 3.63) is 47.0 Å². The van der Waals surface area contributed by atoms with Crippen molar-refractivity contribution >= 4 is 24.4 Å². The Morgan fingerprint density at radius 1 is 1.38 bits per heavy atom. The zero-order valence-corrected chi connectivity index (χ0v) is 18.1. The second-order valence-corrected chi connectivity index (χ2v) is 8.76. The van der Waals surface area contributed by atoms with E-state index in [0.717, 1.165) is 50.2 Å². The molecule has 29 heavy (non-hydrogen) atoms. The van der Waals surface area contributed by atoms with Crippen molar-refractivity contribution in [2.45, 2.75) is 37.9 Å². The number of thioether (sulfide) groups is 1. The van der Waals surface area contributed by atoms with Crippen molar-refractivity contribution in [3.8, 4) is 0 Å². The van der Waals surface area contributed by atoms with Crippen LogP contribution in [0.2, 0.25) is 0 Å². The van der Waals surface area contributed by atoms with Crippen molar-refractivity contribution < 1.29 is 9.53 Å². The van der Waals surface area contributed by atoms with E-state index in [9.17, 15) is 4.79 Å². The van der Waals surface area contributed by atoms with Gasteiger partial charge in [0, 0.05) is 49.7 Å². The number of likely N-dealkylation sites (tertiary alicyclic amines) is 1. The molecule has 0 aromatic heterocycles. The molecule has 1 spiro atoms. The minimum Gasteiger partial charge on any atom is -0.368 e. The zero-order valence-electron chi connectivity index (χ0n) is 17.3. The van der Waals surface area contributed by atoms with Gasteiger partial charge < -0.3 is 20.3 Å². The Morgan fingerprint density at radius 2 is 2.10 bits per heavy atom. The van der Waals surface area contributed by atoms with E-state index in [1.54, 1.807) is 11.8 Å². The van der Waals surface area contributed by atoms with Crippen LogP contribution in [0.25, 0.3) is 0 Å². The lowest BCUT2D eigenvalue weighted by atomic mass is 9.88. The molecule has 1 unspecified atom stereocenters. The molecular formula is C22H32N4O2S. The summed E-state index contributed by atoms with van der Waals surface area (Å²) >= 11 is 1.55. The minimum atomic E-state index is -0.233. The Morgan fingerprint density at radius 3 is 2.76 bits per heavy atom. The largest absolute Gasteiger partial charge is 0.368 e. The third kappa shape index (κ3) is 5.92. The van der Waals surface area contributed by atoms with Gasteiger partial charge in [0.2, 0.25) is 0 Å². The van der Waals surface area contributed by atoms with Crippen LogP contribution < -0.4 is 5.73 Å². The average Bonchev–Trinajstić information content (AvgIpc) is 2.75. The molecule has 1 amide bonds. The third-order valence-electron chi connectivity index (χ3n) is 5.69. The van der Waals surface area contributed by atoms with Crippen molar-refractivity contribution in [3.63, 3.8) is 0 Å². The summed E-state index contributed by atoms with van der Waals surface area (Å²) in [6.07, 6.45) is 2.80. The van der Waals surface area contributed by atoms with Crippen LogP contribution in [0.5, 0.6) is 0 Å². The molecule has 1 atom stereocenters. The van der Waals surface area contributed by atoms with Gasteiger partial charge in [-0.05, 0) is 44.0 Å². The molecule has 0 radical (unpaired) electrons. The van der Waals surface area contributed by atoms with Crippen LogP contribution in [0.4, 0.5) is 0 Å². The molecule has 2 fully saturated rings. The molecule has 3 rings (SSSR count). The first kappa shape index (κ1) is 22.0. The van der Waals surface area contributed by atoms with Gasteiger partial charge in [0.1, 0.15) is 0 Å². The number of hydrogen-bond donors (Lipinski definition) is 1. The Bertz CT molecular complexity index is 717. The standard InChI is InChI=1S/C22H32N4O2S/c1-18-14-26(21(27)19-6-4-3-5-7-19)16-22(28-18)9-12-25(13-10-22)11-8-20(24-2)15-29-17-23/h3-7,15,18H,2,8-14,16-17,23H2,1H3/b20-15-. The summed E-state index contributed by atoms with van der Waals surface area (Å²) in [7, 11) is 0. The van der Waals surface area contributed by atoms with Gasteiger partial charge in [-0.15, -0.1) is 11.8 Å². The minimum absolute atomic E-state index is 0.0516. The number of morpholine rings is 1. The van der Waals surface area contributed by atoms with E-state index < -0.39 is 0 Å². The maximum Gasteiger partial charge on any atom is 0.254 e. The van der Waals surface area contributed by atoms with Crippen LogP contribution in [0, 0.1) is 0 Å². The highest BCUT2D eigenvalue weighted by Crippen LogP contribution is 2.33. The maximum atomic E-state index is 13.0. The molecular weight excluding hydrogens is 384 g/mol. The van der Waals surface area contributed by atoms with Crippen molar-refractivity contribution in [2.75, 3.05) is 38.6 Å². The first-order valence-electron chi connectivity index (χ1n) is 10.3. The van der Waals surface area contributed by atoms with Gasteiger partial charge in [-0.3, -0.25) is 9.79 Å². The fourth-order valence-electron chi connectivity index (χ4n) is 4.19. The summed E-state index contributed by atoms with van der Waals surface area (Å²) in [5.74, 6) is 0.658. The number of rotatable bonds is 7. The Balaban J connectivity index is 1.56. The summed E-state index contributed by atoms with van der Waals surface area (Å²) < 4.78 is 6.40. The summed E-state index contributed by atoms with van der Waals surface area (Å²) in [4.78, 5) is 21.5. The lowest BCUT2D eigenvalue weighted by molar-refractivity contribution is -0.161. The molecule has 0 aliphatic carbocycles. The van der Waals surface area contributed by atoms with Gasteiger partial charge in [0.15, 0.2) is 0 Å². The van der Waals surface area contributed by atoms with Crippen molar-refractivity contribution in [2.24, 2.45) is 10.7 Å². The number of benzene rings is 1. The van der Waals surface area contributed by atoms with Crippen LogP contribution in [0.15, 0.2) is 46.4 Å². The summed E-state index contributed by atoms with van der Waals surface area (Å²) in [5, 5.41) is 2.00. The molecule has 1 aromatic carbocycles. The quantitative estimate of drug-likeness (QED) is 0.547. The van der Waals surface area contributed by atoms with Gasteiger partial charge in [-0.1, -0.05) is 18.2 Å². The van der Waals surface area contributed by atoms with Crippen LogP contribution in [-0.4, -0.2) is 72.7 Å². The first-order valence-corrected chi connectivity index (χ1v) is 11.3. The molecule has 2 N–H and O–H groups in total. The second-order valence-electron chi connectivity index (χ2n) is 7.86. The molecule has 2 heterocycles. The molecule has 0 saturated carbocycles. The predicted octanol–water partition coefficient (Wildman–Crippen LogP) is 2.96. The zero-order chi connectivity index (χ0) is 20.7. The highest BCUT2D eigenvalue weighted by atomic mass is 32.2. The Hall–Kier alpha value is -1.67. The molecule has 7 heteroatoms. The predicted molar refractivity (Wildman–Crippen MR) is 120 cm³/mol. The van der Waals surface area contributed by atoms with E-state index >= 15 is 0 Å². The van der Waals surface area contributed by atoms with E-state index in [1.165, 1.54) is 0 Å². The monoisotopic (exact) mass is 416 g/mol. The van der Waals surface area contributed by atoms with Gasteiger partial charge >= 0.3 is 0 Å². The van der Waals surface area contributed by atoms with E-state index in [4.69, 9.17) is 10.5 Å². The lowest BCUT2D eigenvalue weighted by Crippen LogP contribution is -2.60. The fourth-order valence-corrected chi connectivity index (χ4v) is 4.68. The van der Waals surface area contributed by atoms with E-state index in [-0.39, 0.29) is 17.6 Å². The molecule has 158 valence electrons. The Kier molecular flexibility index (Phi) is 7.89. The molecule has 2 aliphatic rings. The molecule has 6 nitrogen and oxygen atoms in total. The van der Waals surface area contributed by atoms with E-state index in [2.05, 4.69) is 23.5 Å². The number of hydrogen-bond acceptors (Lipinski definition) is 6. The topological polar surface area (TPSA) is 71.2 Å².